The van der Waals surface area contributed by atoms with Crippen LogP contribution in [-0.4, -0.2) is 60.1 Å². The summed E-state index contributed by atoms with van der Waals surface area (Å²) < 4.78 is 7.88. The highest BCUT2D eigenvalue weighted by Crippen LogP contribution is 2.37. The Hall–Kier alpha value is -3.04. The van der Waals surface area contributed by atoms with E-state index in [-0.39, 0.29) is 18.4 Å². The molecule has 2 aliphatic heterocycles. The first-order valence-corrected chi connectivity index (χ1v) is 11.8. The summed E-state index contributed by atoms with van der Waals surface area (Å²) in [6.07, 6.45) is 6.98. The Labute approximate surface area is 204 Å². The zero-order chi connectivity index (χ0) is 22.4. The molecule has 10 heteroatoms. The highest BCUT2D eigenvalue weighted by atomic mass is 35.5. The van der Waals surface area contributed by atoms with Gasteiger partial charge in [-0.05, 0) is 37.3 Å². The van der Waals surface area contributed by atoms with E-state index in [0.717, 1.165) is 54.9 Å². The number of rotatable bonds is 5. The number of anilines is 3. The number of aromatic nitrogens is 3. The molecule has 2 fully saturated rings. The van der Waals surface area contributed by atoms with Crippen molar-refractivity contribution in [2.75, 3.05) is 54.4 Å². The van der Waals surface area contributed by atoms with E-state index in [9.17, 15) is 4.79 Å². The lowest BCUT2D eigenvalue weighted by Gasteiger charge is -2.31. The number of nitrogens with one attached hydrogen (secondary N) is 2. The van der Waals surface area contributed by atoms with Gasteiger partial charge in [0, 0.05) is 74.9 Å². The second-order valence-corrected chi connectivity index (χ2v) is 9.17. The first kappa shape index (κ1) is 22.7. The molecule has 0 atom stereocenters. The lowest BCUT2D eigenvalue weighted by Crippen LogP contribution is -2.43. The number of halogens is 1. The highest BCUT2D eigenvalue weighted by molar-refractivity contribution is 6.05. The van der Waals surface area contributed by atoms with Gasteiger partial charge in [0.15, 0.2) is 0 Å². The molecular formula is C24H30ClN7O2. The number of hydrogen-bond acceptors (Lipinski definition) is 6. The van der Waals surface area contributed by atoms with Crippen LogP contribution in [0.5, 0.6) is 5.75 Å². The fourth-order valence-corrected chi connectivity index (χ4v) is 4.74. The van der Waals surface area contributed by atoms with Crippen LogP contribution in [0.2, 0.25) is 0 Å². The first-order chi connectivity index (χ1) is 16.2. The van der Waals surface area contributed by atoms with Gasteiger partial charge in [0.05, 0.1) is 17.8 Å². The number of carbonyl (C=O) groups is 1. The maximum atomic E-state index is 13.4. The van der Waals surface area contributed by atoms with E-state index in [1.165, 1.54) is 18.5 Å². The molecule has 1 aliphatic carbocycles. The SMILES string of the molecule is Cl.Cn1cc2cc(NC(=O)N3CCc4c(N5CCNCC5)ccnc43)c(OCC3CC3)cc2n1. The third-order valence-corrected chi connectivity index (χ3v) is 6.69. The van der Waals surface area contributed by atoms with Crippen LogP contribution in [0.15, 0.2) is 30.6 Å². The number of urea groups is 1. The molecule has 2 aromatic heterocycles. The molecule has 1 saturated carbocycles. The average Bonchev–Trinajstić information content (AvgIpc) is 3.44. The van der Waals surface area contributed by atoms with Crippen LogP contribution in [0.1, 0.15) is 18.4 Å². The minimum absolute atomic E-state index is 0. The number of nitrogens with zero attached hydrogens (tertiary/aromatic N) is 5. The minimum Gasteiger partial charge on any atom is -0.491 e. The number of carbonyl (C=O) groups excluding carboxylic acids is 1. The van der Waals surface area contributed by atoms with E-state index < -0.39 is 0 Å². The van der Waals surface area contributed by atoms with Gasteiger partial charge < -0.3 is 20.3 Å². The van der Waals surface area contributed by atoms with Gasteiger partial charge in [-0.2, -0.15) is 5.10 Å². The van der Waals surface area contributed by atoms with E-state index in [2.05, 4.69) is 31.7 Å². The van der Waals surface area contributed by atoms with Crippen molar-refractivity contribution in [3.63, 3.8) is 0 Å². The molecule has 0 unspecified atom stereocenters. The van der Waals surface area contributed by atoms with E-state index >= 15 is 0 Å². The second-order valence-electron chi connectivity index (χ2n) is 9.17. The molecule has 34 heavy (non-hydrogen) atoms. The third-order valence-electron chi connectivity index (χ3n) is 6.69. The fourth-order valence-electron chi connectivity index (χ4n) is 4.74. The number of hydrogen-bond donors (Lipinski definition) is 2. The molecule has 9 nitrogen and oxygen atoms in total. The number of aryl methyl sites for hydroxylation is 1. The first-order valence-electron chi connectivity index (χ1n) is 11.8. The van der Waals surface area contributed by atoms with Gasteiger partial charge in [-0.25, -0.2) is 9.78 Å². The maximum Gasteiger partial charge on any atom is 0.327 e. The van der Waals surface area contributed by atoms with Crippen LogP contribution in [0.3, 0.4) is 0 Å². The van der Waals surface area contributed by atoms with Crippen LogP contribution < -0.4 is 25.2 Å². The molecule has 1 aromatic carbocycles. The zero-order valence-electron chi connectivity index (χ0n) is 19.3. The number of pyridine rings is 1. The van der Waals surface area contributed by atoms with Gasteiger partial charge in [-0.3, -0.25) is 9.58 Å². The Balaban J connectivity index is 0.00000241. The van der Waals surface area contributed by atoms with Crippen molar-refractivity contribution in [3.8, 4) is 5.75 Å². The lowest BCUT2D eigenvalue weighted by molar-refractivity contribution is 0.257. The smallest absolute Gasteiger partial charge is 0.327 e. The fraction of sp³-hybridized carbons (Fsp3) is 0.458. The topological polar surface area (TPSA) is 87.6 Å². The van der Waals surface area contributed by atoms with Gasteiger partial charge in [-0.15, -0.1) is 12.4 Å². The molecule has 1 saturated heterocycles. The summed E-state index contributed by atoms with van der Waals surface area (Å²) in [6.45, 7) is 5.17. The van der Waals surface area contributed by atoms with Gasteiger partial charge in [-0.1, -0.05) is 0 Å². The van der Waals surface area contributed by atoms with Crippen LogP contribution in [0.4, 0.5) is 22.0 Å². The van der Waals surface area contributed by atoms with Gasteiger partial charge >= 0.3 is 6.03 Å². The summed E-state index contributed by atoms with van der Waals surface area (Å²) in [5.41, 5.74) is 3.88. The Morgan fingerprint density at radius 2 is 2.06 bits per heavy atom. The highest BCUT2D eigenvalue weighted by Gasteiger charge is 2.30. The Kier molecular flexibility index (Phi) is 6.22. The zero-order valence-corrected chi connectivity index (χ0v) is 20.1. The number of piperazine rings is 1. The predicted octanol–water partition coefficient (Wildman–Crippen LogP) is 3.18. The maximum absolute atomic E-state index is 13.4. The van der Waals surface area contributed by atoms with E-state index in [0.29, 0.717) is 30.5 Å². The van der Waals surface area contributed by atoms with E-state index in [4.69, 9.17) is 4.74 Å². The molecule has 0 radical (unpaired) electrons. The Bertz CT molecular complexity index is 1200. The molecule has 180 valence electrons. The van der Waals surface area contributed by atoms with E-state index in [1.54, 1.807) is 9.58 Å². The van der Waals surface area contributed by atoms with Crippen molar-refractivity contribution in [3.05, 3.63) is 36.2 Å². The summed E-state index contributed by atoms with van der Waals surface area (Å²) in [4.78, 5) is 22.1. The quantitative estimate of drug-likeness (QED) is 0.579. The van der Waals surface area contributed by atoms with Crippen molar-refractivity contribution in [2.24, 2.45) is 13.0 Å². The molecule has 2 amide bonds. The van der Waals surface area contributed by atoms with Crippen LogP contribution in [0, 0.1) is 5.92 Å². The summed E-state index contributed by atoms with van der Waals surface area (Å²) in [5, 5.41) is 12.0. The molecule has 0 bridgehead atoms. The van der Waals surface area contributed by atoms with Crippen molar-refractivity contribution >= 4 is 46.5 Å². The van der Waals surface area contributed by atoms with Gasteiger partial charge in [0.1, 0.15) is 11.6 Å². The number of benzene rings is 1. The molecule has 3 aromatic rings. The number of ether oxygens (including phenoxy) is 1. The molecule has 0 spiro atoms. The molecule has 6 rings (SSSR count). The van der Waals surface area contributed by atoms with Crippen LogP contribution in [-0.2, 0) is 13.5 Å². The Morgan fingerprint density at radius 3 is 2.85 bits per heavy atom. The second kappa shape index (κ2) is 9.31. The predicted molar refractivity (Wildman–Crippen MR) is 136 cm³/mol. The van der Waals surface area contributed by atoms with Crippen molar-refractivity contribution in [1.82, 2.24) is 20.1 Å². The van der Waals surface area contributed by atoms with Gasteiger partial charge in [0.25, 0.3) is 0 Å². The number of amides is 2. The number of fused-ring (bicyclic) bond motifs is 2. The lowest BCUT2D eigenvalue weighted by atomic mass is 10.1. The Morgan fingerprint density at radius 1 is 1.24 bits per heavy atom. The molecular weight excluding hydrogens is 454 g/mol. The standard InChI is InChI=1S/C24H29N7O2.ClH/c1-29-14-17-12-20(22(13-19(17)28-29)33-15-16-2-3-16)27-24(32)31-9-5-18-21(4-6-26-23(18)31)30-10-7-25-8-11-30;/h4,6,12-14,16,25H,2-3,5,7-11,15H2,1H3,(H,27,32);1H. The minimum atomic E-state index is -0.182. The van der Waals surface area contributed by atoms with Crippen LogP contribution in [0.25, 0.3) is 10.9 Å². The third kappa shape index (κ3) is 4.37. The normalized spacial score (nSPS) is 17.4. The summed E-state index contributed by atoms with van der Waals surface area (Å²) in [5.74, 6) is 2.04. The van der Waals surface area contributed by atoms with Crippen molar-refractivity contribution < 1.29 is 9.53 Å². The average molecular weight is 484 g/mol. The van der Waals surface area contributed by atoms with Crippen LogP contribution >= 0.6 is 12.4 Å². The summed E-state index contributed by atoms with van der Waals surface area (Å²) in [6, 6.07) is 5.76. The molecule has 3 aliphatic rings. The van der Waals surface area contributed by atoms with E-state index in [1.807, 2.05) is 31.6 Å². The van der Waals surface area contributed by atoms with Gasteiger partial charge in [0.2, 0.25) is 0 Å². The van der Waals surface area contributed by atoms with Crippen molar-refractivity contribution in [2.45, 2.75) is 19.3 Å². The largest absolute Gasteiger partial charge is 0.491 e. The monoisotopic (exact) mass is 483 g/mol. The summed E-state index contributed by atoms with van der Waals surface area (Å²) >= 11 is 0. The molecule has 4 heterocycles. The molecule has 2 N–H and O–H groups in total. The van der Waals surface area contributed by atoms with Crippen molar-refractivity contribution in [1.29, 1.82) is 0 Å². The summed E-state index contributed by atoms with van der Waals surface area (Å²) in [7, 11) is 1.89.